The molecule has 0 aliphatic carbocycles. The summed E-state index contributed by atoms with van der Waals surface area (Å²) in [5.41, 5.74) is 4.88. The highest BCUT2D eigenvalue weighted by molar-refractivity contribution is 5.92. The summed E-state index contributed by atoms with van der Waals surface area (Å²) in [6.45, 7) is 5.80. The molecule has 27 heavy (non-hydrogen) atoms. The maximum absolute atomic E-state index is 12.2. The summed E-state index contributed by atoms with van der Waals surface area (Å²) in [7, 11) is 0. The van der Waals surface area contributed by atoms with Gasteiger partial charge in [-0.25, -0.2) is 0 Å². The Balaban J connectivity index is 1.62. The number of nitrogens with one attached hydrogen (secondary N) is 1. The summed E-state index contributed by atoms with van der Waals surface area (Å²) < 4.78 is 11.1. The van der Waals surface area contributed by atoms with Crippen LogP contribution in [0.15, 0.2) is 52.9 Å². The van der Waals surface area contributed by atoms with Gasteiger partial charge in [0.2, 0.25) is 0 Å². The van der Waals surface area contributed by atoms with Crippen molar-refractivity contribution >= 4 is 11.6 Å². The van der Waals surface area contributed by atoms with Crippen molar-refractivity contribution in [1.82, 2.24) is 0 Å². The number of furan rings is 1. The molecule has 0 spiro atoms. The zero-order valence-electron chi connectivity index (χ0n) is 15.7. The average molecular weight is 365 g/mol. The fourth-order valence-corrected chi connectivity index (χ4v) is 2.78. The molecule has 0 atom stereocenters. The summed E-state index contributed by atoms with van der Waals surface area (Å²) >= 11 is 0. The minimum absolute atomic E-state index is 0.0542. The number of aliphatic hydroxyl groups excluding tert-OH is 1. The monoisotopic (exact) mass is 365 g/mol. The number of rotatable bonds is 6. The summed E-state index contributed by atoms with van der Waals surface area (Å²) in [4.78, 5) is 12.2. The van der Waals surface area contributed by atoms with E-state index in [0.29, 0.717) is 23.0 Å². The molecule has 0 aliphatic heterocycles. The Hall–Kier alpha value is -3.05. The van der Waals surface area contributed by atoms with Crippen LogP contribution in [0, 0.1) is 20.8 Å². The van der Waals surface area contributed by atoms with Crippen molar-refractivity contribution in [3.63, 3.8) is 0 Å². The Bertz CT molecular complexity index is 959. The molecule has 0 radical (unpaired) electrons. The van der Waals surface area contributed by atoms with Crippen LogP contribution in [0.5, 0.6) is 5.75 Å². The van der Waals surface area contributed by atoms with Crippen LogP contribution in [0.3, 0.4) is 0 Å². The fraction of sp³-hybridized carbons (Fsp3) is 0.227. The third-order valence-electron chi connectivity index (χ3n) is 4.44. The number of carbonyl (C=O) groups excluding carboxylic acids is 1. The van der Waals surface area contributed by atoms with Crippen molar-refractivity contribution in [2.45, 2.75) is 27.4 Å². The average Bonchev–Trinajstić information content (AvgIpc) is 3.12. The summed E-state index contributed by atoms with van der Waals surface area (Å²) in [5.74, 6) is 1.66. The SMILES string of the molecule is Cc1ccc(OCC(=O)Nc2ccc(-c3ccc(CO)o3)c(C)c2)cc1C. The highest BCUT2D eigenvalue weighted by atomic mass is 16.5. The molecular formula is C22H23NO4. The smallest absolute Gasteiger partial charge is 0.262 e. The lowest BCUT2D eigenvalue weighted by molar-refractivity contribution is -0.118. The van der Waals surface area contributed by atoms with Crippen LogP contribution in [-0.2, 0) is 11.4 Å². The van der Waals surface area contributed by atoms with Gasteiger partial charge in [-0.3, -0.25) is 4.79 Å². The molecule has 2 N–H and O–H groups in total. The minimum atomic E-state index is -0.221. The van der Waals surface area contributed by atoms with Gasteiger partial charge in [-0.15, -0.1) is 0 Å². The normalized spacial score (nSPS) is 10.7. The van der Waals surface area contributed by atoms with E-state index in [1.54, 1.807) is 6.07 Å². The van der Waals surface area contributed by atoms with E-state index < -0.39 is 0 Å². The van der Waals surface area contributed by atoms with Gasteiger partial charge in [0, 0.05) is 11.3 Å². The molecule has 5 heteroatoms. The van der Waals surface area contributed by atoms with E-state index in [-0.39, 0.29) is 19.1 Å². The molecule has 1 amide bonds. The Morgan fingerprint density at radius 3 is 2.48 bits per heavy atom. The molecule has 0 saturated heterocycles. The zero-order valence-corrected chi connectivity index (χ0v) is 15.7. The van der Waals surface area contributed by atoms with Crippen molar-refractivity contribution < 1.29 is 19.1 Å². The number of hydrogen-bond donors (Lipinski definition) is 2. The highest BCUT2D eigenvalue weighted by Crippen LogP contribution is 2.27. The van der Waals surface area contributed by atoms with E-state index >= 15 is 0 Å². The van der Waals surface area contributed by atoms with Crippen molar-refractivity contribution in [2.75, 3.05) is 11.9 Å². The first-order valence-corrected chi connectivity index (χ1v) is 8.77. The quantitative estimate of drug-likeness (QED) is 0.680. The van der Waals surface area contributed by atoms with Gasteiger partial charge in [0.1, 0.15) is 23.9 Å². The Labute approximate surface area is 158 Å². The van der Waals surface area contributed by atoms with Gasteiger partial charge in [0.25, 0.3) is 5.91 Å². The number of ether oxygens (including phenoxy) is 1. The van der Waals surface area contributed by atoms with Crippen LogP contribution < -0.4 is 10.1 Å². The van der Waals surface area contributed by atoms with Gasteiger partial charge >= 0.3 is 0 Å². The number of aryl methyl sites for hydroxylation is 3. The van der Waals surface area contributed by atoms with Gasteiger partial charge in [-0.05, 0) is 79.9 Å². The second kappa shape index (κ2) is 8.10. The molecule has 3 rings (SSSR count). The van der Waals surface area contributed by atoms with E-state index in [1.165, 1.54) is 5.56 Å². The van der Waals surface area contributed by atoms with Gasteiger partial charge in [-0.1, -0.05) is 6.07 Å². The number of hydrogen-bond acceptors (Lipinski definition) is 4. The van der Waals surface area contributed by atoms with E-state index in [4.69, 9.17) is 14.3 Å². The Morgan fingerprint density at radius 1 is 1.00 bits per heavy atom. The minimum Gasteiger partial charge on any atom is -0.484 e. The number of amides is 1. The Morgan fingerprint density at radius 2 is 1.81 bits per heavy atom. The number of carbonyl (C=O) groups is 1. The van der Waals surface area contributed by atoms with Gasteiger partial charge in [0.05, 0.1) is 0 Å². The van der Waals surface area contributed by atoms with Crippen LogP contribution in [0.2, 0.25) is 0 Å². The molecule has 0 fully saturated rings. The molecule has 2 aromatic carbocycles. The standard InChI is InChI=1S/C22H23NO4/c1-14-4-6-18(11-15(14)2)26-13-22(25)23-17-5-8-20(16(3)10-17)21-9-7-19(12-24)27-21/h4-11,24H,12-13H2,1-3H3,(H,23,25). The first-order valence-electron chi connectivity index (χ1n) is 8.77. The van der Waals surface area contributed by atoms with Crippen LogP contribution >= 0.6 is 0 Å². The summed E-state index contributed by atoms with van der Waals surface area (Å²) in [6, 6.07) is 14.9. The highest BCUT2D eigenvalue weighted by Gasteiger charge is 2.10. The van der Waals surface area contributed by atoms with Crippen molar-refractivity contribution in [1.29, 1.82) is 0 Å². The molecule has 0 saturated carbocycles. The van der Waals surface area contributed by atoms with Gasteiger partial charge < -0.3 is 19.6 Å². The Kier molecular flexibility index (Phi) is 5.62. The molecule has 140 valence electrons. The summed E-state index contributed by atoms with van der Waals surface area (Å²) in [6.07, 6.45) is 0. The maximum Gasteiger partial charge on any atom is 0.262 e. The van der Waals surface area contributed by atoms with Crippen molar-refractivity contribution in [2.24, 2.45) is 0 Å². The van der Waals surface area contributed by atoms with Crippen molar-refractivity contribution in [3.05, 3.63) is 71.0 Å². The molecule has 3 aromatic rings. The summed E-state index contributed by atoms with van der Waals surface area (Å²) in [5, 5.41) is 12.0. The molecule has 0 unspecified atom stereocenters. The molecule has 5 nitrogen and oxygen atoms in total. The van der Waals surface area contributed by atoms with Gasteiger partial charge in [0.15, 0.2) is 6.61 Å². The van der Waals surface area contributed by atoms with E-state index in [9.17, 15) is 4.79 Å². The third-order valence-corrected chi connectivity index (χ3v) is 4.44. The van der Waals surface area contributed by atoms with Crippen LogP contribution in [0.4, 0.5) is 5.69 Å². The molecule has 0 aliphatic rings. The number of aliphatic hydroxyl groups is 1. The van der Waals surface area contributed by atoms with E-state index in [2.05, 4.69) is 5.32 Å². The predicted octanol–water partition coefficient (Wildman–Crippen LogP) is 4.38. The van der Waals surface area contributed by atoms with Crippen molar-refractivity contribution in [3.8, 4) is 17.1 Å². The molecular weight excluding hydrogens is 342 g/mol. The first kappa shape index (κ1) is 18.7. The van der Waals surface area contributed by atoms with E-state index in [1.807, 2.05) is 63.2 Å². The molecule has 0 bridgehead atoms. The lowest BCUT2D eigenvalue weighted by atomic mass is 10.1. The fourth-order valence-electron chi connectivity index (χ4n) is 2.78. The molecule has 1 heterocycles. The predicted molar refractivity (Wildman–Crippen MR) is 105 cm³/mol. The topological polar surface area (TPSA) is 71.7 Å². The largest absolute Gasteiger partial charge is 0.484 e. The van der Waals surface area contributed by atoms with Crippen LogP contribution in [0.1, 0.15) is 22.5 Å². The second-order valence-electron chi connectivity index (χ2n) is 6.54. The second-order valence-corrected chi connectivity index (χ2v) is 6.54. The number of anilines is 1. The van der Waals surface area contributed by atoms with Crippen LogP contribution in [-0.4, -0.2) is 17.6 Å². The first-order chi connectivity index (χ1) is 13.0. The maximum atomic E-state index is 12.2. The van der Waals surface area contributed by atoms with E-state index in [0.717, 1.165) is 16.7 Å². The van der Waals surface area contributed by atoms with Crippen LogP contribution in [0.25, 0.3) is 11.3 Å². The molecule has 1 aromatic heterocycles. The number of benzene rings is 2. The third kappa shape index (κ3) is 4.57. The van der Waals surface area contributed by atoms with Gasteiger partial charge in [-0.2, -0.15) is 0 Å². The lowest BCUT2D eigenvalue weighted by Crippen LogP contribution is -2.20. The lowest BCUT2D eigenvalue weighted by Gasteiger charge is -2.10. The zero-order chi connectivity index (χ0) is 19.4.